The molecule has 0 saturated carbocycles. The van der Waals surface area contributed by atoms with Gasteiger partial charge >= 0.3 is 5.97 Å². The van der Waals surface area contributed by atoms with Gasteiger partial charge in [0.2, 0.25) is 0 Å². The Kier molecular flexibility index (Phi) is 3.13. The standard InChI is InChI=1S/C13H14O4/c1-17-12-4-2-3-8-9(12)5-6-11(14)10(8)7-13(15)16/h2-4,10H,5-7H2,1H3,(H,15,16). The van der Waals surface area contributed by atoms with Crippen molar-refractivity contribution in [2.45, 2.75) is 25.2 Å². The molecule has 1 aliphatic carbocycles. The molecule has 0 amide bonds. The Labute approximate surface area is 99.2 Å². The van der Waals surface area contributed by atoms with E-state index in [1.165, 1.54) is 0 Å². The van der Waals surface area contributed by atoms with Gasteiger partial charge in [-0.3, -0.25) is 9.59 Å². The zero-order chi connectivity index (χ0) is 12.4. The molecule has 1 aliphatic rings. The Morgan fingerprint density at radius 3 is 2.88 bits per heavy atom. The summed E-state index contributed by atoms with van der Waals surface area (Å²) in [4.78, 5) is 22.6. The fourth-order valence-corrected chi connectivity index (χ4v) is 2.36. The second-order valence-electron chi connectivity index (χ2n) is 4.14. The molecule has 4 nitrogen and oxygen atoms in total. The van der Waals surface area contributed by atoms with Gasteiger partial charge in [-0.1, -0.05) is 12.1 Å². The SMILES string of the molecule is COc1cccc2c1CCC(=O)C2CC(=O)O. The second kappa shape index (κ2) is 4.57. The average Bonchev–Trinajstić information content (AvgIpc) is 2.31. The molecule has 0 aromatic heterocycles. The molecule has 1 aromatic carbocycles. The van der Waals surface area contributed by atoms with Crippen LogP contribution in [0.4, 0.5) is 0 Å². The third-order valence-electron chi connectivity index (χ3n) is 3.15. The number of hydrogen-bond donors (Lipinski definition) is 1. The maximum Gasteiger partial charge on any atom is 0.304 e. The van der Waals surface area contributed by atoms with Crippen molar-refractivity contribution in [3.8, 4) is 5.75 Å². The number of carboxylic acid groups (broad SMARTS) is 1. The van der Waals surface area contributed by atoms with Crippen LogP contribution >= 0.6 is 0 Å². The lowest BCUT2D eigenvalue weighted by Gasteiger charge is -2.24. The number of methoxy groups -OCH3 is 1. The predicted octanol–water partition coefficient (Wildman–Crippen LogP) is 1.77. The Morgan fingerprint density at radius 2 is 2.24 bits per heavy atom. The van der Waals surface area contributed by atoms with Crippen molar-refractivity contribution in [3.05, 3.63) is 29.3 Å². The number of hydrogen-bond acceptors (Lipinski definition) is 3. The molecule has 0 bridgehead atoms. The van der Waals surface area contributed by atoms with E-state index < -0.39 is 11.9 Å². The Hall–Kier alpha value is -1.84. The Morgan fingerprint density at radius 1 is 1.47 bits per heavy atom. The highest BCUT2D eigenvalue weighted by molar-refractivity contribution is 5.91. The number of carboxylic acids is 1. The molecule has 90 valence electrons. The molecule has 1 aromatic rings. The summed E-state index contributed by atoms with van der Waals surface area (Å²) in [5.74, 6) is -0.719. The van der Waals surface area contributed by atoms with Crippen LogP contribution in [0.25, 0.3) is 0 Å². The topological polar surface area (TPSA) is 63.6 Å². The maximum absolute atomic E-state index is 11.8. The van der Waals surface area contributed by atoms with E-state index in [1.807, 2.05) is 12.1 Å². The first kappa shape index (κ1) is 11.6. The van der Waals surface area contributed by atoms with E-state index in [9.17, 15) is 9.59 Å². The Bertz CT molecular complexity index is 464. The zero-order valence-electron chi connectivity index (χ0n) is 9.60. The van der Waals surface area contributed by atoms with Crippen molar-refractivity contribution in [2.75, 3.05) is 7.11 Å². The lowest BCUT2D eigenvalue weighted by atomic mass is 9.80. The van der Waals surface area contributed by atoms with E-state index in [1.54, 1.807) is 13.2 Å². The van der Waals surface area contributed by atoms with Gasteiger partial charge in [0.15, 0.2) is 0 Å². The van der Waals surface area contributed by atoms with Crippen LogP contribution in [0, 0.1) is 0 Å². The van der Waals surface area contributed by atoms with Crippen molar-refractivity contribution in [3.63, 3.8) is 0 Å². The molecule has 0 radical (unpaired) electrons. The Balaban J connectivity index is 2.44. The van der Waals surface area contributed by atoms with Crippen LogP contribution in [0.1, 0.15) is 29.9 Å². The lowest BCUT2D eigenvalue weighted by molar-refractivity contribution is -0.139. The minimum Gasteiger partial charge on any atom is -0.496 e. The highest BCUT2D eigenvalue weighted by Gasteiger charge is 2.30. The molecule has 1 N–H and O–H groups in total. The number of benzene rings is 1. The van der Waals surface area contributed by atoms with Crippen molar-refractivity contribution < 1.29 is 19.4 Å². The smallest absolute Gasteiger partial charge is 0.304 e. The monoisotopic (exact) mass is 234 g/mol. The molecular formula is C13H14O4. The first-order chi connectivity index (χ1) is 8.13. The summed E-state index contributed by atoms with van der Waals surface area (Å²) < 4.78 is 5.24. The summed E-state index contributed by atoms with van der Waals surface area (Å²) in [6, 6.07) is 5.46. The number of carbonyl (C=O) groups is 2. The minimum atomic E-state index is -0.945. The summed E-state index contributed by atoms with van der Waals surface area (Å²) in [5, 5.41) is 8.85. The molecule has 4 heteroatoms. The largest absolute Gasteiger partial charge is 0.496 e. The van der Waals surface area contributed by atoms with Crippen LogP contribution in [0.3, 0.4) is 0 Å². The number of carbonyl (C=O) groups excluding carboxylic acids is 1. The summed E-state index contributed by atoms with van der Waals surface area (Å²) >= 11 is 0. The van der Waals surface area contributed by atoms with E-state index in [0.717, 1.165) is 16.9 Å². The number of aliphatic carboxylic acids is 1. The number of fused-ring (bicyclic) bond motifs is 1. The highest BCUT2D eigenvalue weighted by Crippen LogP contribution is 2.36. The molecule has 0 aliphatic heterocycles. The van der Waals surface area contributed by atoms with Gasteiger partial charge in [-0.2, -0.15) is 0 Å². The zero-order valence-corrected chi connectivity index (χ0v) is 9.60. The first-order valence-electron chi connectivity index (χ1n) is 5.53. The third-order valence-corrected chi connectivity index (χ3v) is 3.15. The minimum absolute atomic E-state index is 0.00755. The lowest BCUT2D eigenvalue weighted by Crippen LogP contribution is -2.23. The predicted molar refractivity (Wildman–Crippen MR) is 61.3 cm³/mol. The van der Waals surface area contributed by atoms with Gasteiger partial charge in [-0.15, -0.1) is 0 Å². The van der Waals surface area contributed by atoms with Crippen molar-refractivity contribution >= 4 is 11.8 Å². The van der Waals surface area contributed by atoms with Gasteiger partial charge in [-0.05, 0) is 23.6 Å². The average molecular weight is 234 g/mol. The number of rotatable bonds is 3. The van der Waals surface area contributed by atoms with Crippen LogP contribution in [-0.2, 0) is 16.0 Å². The van der Waals surface area contributed by atoms with E-state index in [2.05, 4.69) is 0 Å². The van der Waals surface area contributed by atoms with E-state index in [4.69, 9.17) is 9.84 Å². The van der Waals surface area contributed by atoms with Crippen LogP contribution in [0.15, 0.2) is 18.2 Å². The van der Waals surface area contributed by atoms with Gasteiger partial charge < -0.3 is 9.84 Å². The third kappa shape index (κ3) is 2.16. The molecule has 2 rings (SSSR count). The van der Waals surface area contributed by atoms with E-state index in [-0.39, 0.29) is 12.2 Å². The molecule has 1 unspecified atom stereocenters. The molecule has 0 saturated heterocycles. The summed E-state index contributed by atoms with van der Waals surface area (Å²) in [5.41, 5.74) is 1.78. The fourth-order valence-electron chi connectivity index (χ4n) is 2.36. The van der Waals surface area contributed by atoms with Crippen LogP contribution in [0.2, 0.25) is 0 Å². The molecular weight excluding hydrogens is 220 g/mol. The van der Waals surface area contributed by atoms with Crippen LogP contribution in [0.5, 0.6) is 5.75 Å². The summed E-state index contributed by atoms with van der Waals surface area (Å²) in [6.07, 6.45) is 0.888. The molecule has 0 fully saturated rings. The van der Waals surface area contributed by atoms with Crippen LogP contribution in [-0.4, -0.2) is 24.0 Å². The van der Waals surface area contributed by atoms with Crippen LogP contribution < -0.4 is 4.74 Å². The van der Waals surface area contributed by atoms with E-state index >= 15 is 0 Å². The van der Waals surface area contributed by atoms with Gasteiger partial charge in [0, 0.05) is 6.42 Å². The number of Topliss-reactive ketones (excluding diaryl/α,β-unsaturated/α-hetero) is 1. The first-order valence-corrected chi connectivity index (χ1v) is 5.53. The normalized spacial score (nSPS) is 18.6. The molecule has 0 spiro atoms. The van der Waals surface area contributed by atoms with Gasteiger partial charge in [0.05, 0.1) is 19.4 Å². The van der Waals surface area contributed by atoms with Crippen molar-refractivity contribution in [1.29, 1.82) is 0 Å². The number of ketones is 1. The van der Waals surface area contributed by atoms with Gasteiger partial charge in [0.25, 0.3) is 0 Å². The van der Waals surface area contributed by atoms with Crippen molar-refractivity contribution in [2.24, 2.45) is 0 Å². The summed E-state index contributed by atoms with van der Waals surface area (Å²) in [6.45, 7) is 0. The highest BCUT2D eigenvalue weighted by atomic mass is 16.5. The fraction of sp³-hybridized carbons (Fsp3) is 0.385. The van der Waals surface area contributed by atoms with Gasteiger partial charge in [0.1, 0.15) is 11.5 Å². The number of ether oxygens (including phenoxy) is 1. The van der Waals surface area contributed by atoms with Crippen molar-refractivity contribution in [1.82, 2.24) is 0 Å². The second-order valence-corrected chi connectivity index (χ2v) is 4.14. The molecule has 17 heavy (non-hydrogen) atoms. The summed E-state index contributed by atoms with van der Waals surface area (Å²) in [7, 11) is 1.58. The molecule has 1 atom stereocenters. The molecule has 0 heterocycles. The van der Waals surface area contributed by atoms with Gasteiger partial charge in [-0.25, -0.2) is 0 Å². The maximum atomic E-state index is 11.8. The van der Waals surface area contributed by atoms with E-state index in [0.29, 0.717) is 12.8 Å². The quantitative estimate of drug-likeness (QED) is 0.865.